The summed E-state index contributed by atoms with van der Waals surface area (Å²) < 4.78 is 0. The minimum Gasteiger partial charge on any atom is -0.481 e. The van der Waals surface area contributed by atoms with Crippen LogP contribution in [0.5, 0.6) is 0 Å². The van der Waals surface area contributed by atoms with Crippen molar-refractivity contribution in [2.75, 3.05) is 32.7 Å². The number of carbonyl (C=O) groups excluding carboxylic acids is 9. The molecule has 0 radical (unpaired) electrons. The summed E-state index contributed by atoms with van der Waals surface area (Å²) in [7, 11) is 0. The number of amides is 9. The van der Waals surface area contributed by atoms with Gasteiger partial charge in [-0.3, -0.25) is 57.7 Å². The molecule has 0 aliphatic carbocycles. The molecule has 9 amide bonds. The van der Waals surface area contributed by atoms with Gasteiger partial charge in [0.25, 0.3) is 0 Å². The molecule has 0 bridgehead atoms. The fraction of sp³-hybridized carbons (Fsp3) is 0.755. The number of hydrogen-bond donors (Lipinski definition) is 16. The zero-order chi connectivity index (χ0) is 58.9. The summed E-state index contributed by atoms with van der Waals surface area (Å²) in [6.07, 6.45) is 1.54. The van der Waals surface area contributed by atoms with Crippen LogP contribution in [0.4, 0.5) is 0 Å². The van der Waals surface area contributed by atoms with E-state index in [-0.39, 0.29) is 88.3 Å². The number of nitrogens with one attached hydrogen (secondary N) is 9. The van der Waals surface area contributed by atoms with E-state index in [2.05, 4.69) is 52.8 Å². The molecule has 77 heavy (non-hydrogen) atoms. The second-order valence-corrected chi connectivity index (χ2v) is 20.6. The molecular weight excluding hydrogens is 1010 g/mol. The molecule has 0 aliphatic rings. The van der Waals surface area contributed by atoms with Crippen LogP contribution in [0.3, 0.4) is 0 Å². The van der Waals surface area contributed by atoms with Crippen molar-refractivity contribution in [2.45, 2.75) is 181 Å². The first-order valence-corrected chi connectivity index (χ1v) is 26.3. The Balaban J connectivity index is 6.75. The summed E-state index contributed by atoms with van der Waals surface area (Å²) in [4.78, 5) is 149. The Morgan fingerprint density at radius 3 is 1.21 bits per heavy atom. The predicted molar refractivity (Wildman–Crippen MR) is 286 cm³/mol. The fourth-order valence-electron chi connectivity index (χ4n) is 7.63. The third-order valence-electron chi connectivity index (χ3n) is 11.6. The summed E-state index contributed by atoms with van der Waals surface area (Å²) >= 11 is 0. The third-order valence-corrected chi connectivity index (χ3v) is 11.6. The molecule has 440 valence electrons. The van der Waals surface area contributed by atoms with Gasteiger partial charge in [0.05, 0.1) is 19.0 Å². The zero-order valence-corrected chi connectivity index (χ0v) is 46.2. The lowest BCUT2D eigenvalue weighted by atomic mass is 9.98. The molecule has 0 saturated carbocycles. The molecule has 0 spiro atoms. The van der Waals surface area contributed by atoms with Gasteiger partial charge in [-0.15, -0.1) is 0 Å². The molecule has 0 aromatic heterocycles. The number of hydrogen-bond acceptors (Lipinski definition) is 15. The first-order valence-electron chi connectivity index (χ1n) is 26.3. The minimum absolute atomic E-state index is 0.0447. The molecule has 0 rings (SSSR count). The van der Waals surface area contributed by atoms with Crippen molar-refractivity contribution in [3.8, 4) is 0 Å². The van der Waals surface area contributed by atoms with Gasteiger partial charge in [-0.2, -0.15) is 0 Å². The van der Waals surface area contributed by atoms with Gasteiger partial charge in [0.1, 0.15) is 48.8 Å². The molecular formula is C49H91N15O13. The van der Waals surface area contributed by atoms with Crippen molar-refractivity contribution in [2.24, 2.45) is 57.3 Å². The number of carbonyl (C=O) groups is 11. The number of nitrogens with zero attached hydrogens (tertiary/aromatic N) is 1. The van der Waals surface area contributed by atoms with Crippen molar-refractivity contribution in [3.05, 3.63) is 0 Å². The van der Waals surface area contributed by atoms with Gasteiger partial charge in [0.15, 0.2) is 5.96 Å². The van der Waals surface area contributed by atoms with Crippen LogP contribution in [0.15, 0.2) is 4.99 Å². The fourth-order valence-corrected chi connectivity index (χ4v) is 7.63. The highest BCUT2D eigenvalue weighted by molar-refractivity contribution is 5.98. The molecule has 0 unspecified atom stereocenters. The van der Waals surface area contributed by atoms with Gasteiger partial charge in [0.2, 0.25) is 53.2 Å². The highest BCUT2D eigenvalue weighted by Gasteiger charge is 2.36. The van der Waals surface area contributed by atoms with Gasteiger partial charge in [-0.05, 0) is 107 Å². The van der Waals surface area contributed by atoms with Crippen LogP contribution >= 0.6 is 0 Å². The van der Waals surface area contributed by atoms with Crippen LogP contribution in [0.25, 0.3) is 0 Å². The van der Waals surface area contributed by atoms with Gasteiger partial charge in [0, 0.05) is 6.54 Å². The predicted octanol–water partition coefficient (Wildman–Crippen LogP) is -3.40. The lowest BCUT2D eigenvalue weighted by Crippen LogP contribution is -2.61. The summed E-state index contributed by atoms with van der Waals surface area (Å²) in [5.41, 5.74) is 28.2. The largest absolute Gasteiger partial charge is 0.481 e. The second-order valence-electron chi connectivity index (χ2n) is 20.6. The molecule has 21 N–H and O–H groups in total. The van der Waals surface area contributed by atoms with E-state index >= 15 is 0 Å². The summed E-state index contributed by atoms with van der Waals surface area (Å²) in [5.74, 6) is -10.9. The van der Waals surface area contributed by atoms with Crippen LogP contribution in [0.1, 0.15) is 132 Å². The van der Waals surface area contributed by atoms with E-state index in [1.807, 2.05) is 0 Å². The van der Waals surface area contributed by atoms with E-state index in [4.69, 9.17) is 38.9 Å². The van der Waals surface area contributed by atoms with Crippen molar-refractivity contribution in [1.82, 2.24) is 47.9 Å². The Morgan fingerprint density at radius 1 is 0.442 bits per heavy atom. The first kappa shape index (κ1) is 70.3. The number of nitrogens with two attached hydrogens (primary N) is 5. The van der Waals surface area contributed by atoms with Crippen LogP contribution in [0, 0.1) is 23.7 Å². The summed E-state index contributed by atoms with van der Waals surface area (Å²) in [6.45, 7) is 13.4. The molecule has 28 heteroatoms. The molecule has 0 aromatic rings. The maximum absolute atomic E-state index is 14.3. The van der Waals surface area contributed by atoms with Crippen LogP contribution in [0.2, 0.25) is 0 Å². The maximum atomic E-state index is 14.3. The monoisotopic (exact) mass is 1100 g/mol. The SMILES string of the molecule is CC(C)C[C@H](NC(=O)[C@H](CCCCN)NC(=O)[C@H](CCCCN)NC(=O)[C@@H](NC(=O)[C@H](CC(C)C)NC(=O)[C@H](CCCN=C(N)N)NC(=O)[C@H](CC(C)C)NC(=O)[C@@H](N)CC(=O)O)C(C)C)C(=O)NCC(=O)NCC(=O)O. The summed E-state index contributed by atoms with van der Waals surface area (Å²) in [5, 5.41) is 41.2. The van der Waals surface area contributed by atoms with E-state index < -0.39 is 139 Å². The molecule has 0 aromatic carbocycles. The minimum atomic E-state index is -1.47. The molecule has 8 atom stereocenters. The van der Waals surface area contributed by atoms with E-state index in [0.717, 1.165) is 0 Å². The van der Waals surface area contributed by atoms with Gasteiger partial charge >= 0.3 is 11.9 Å². The number of aliphatic imine (C=N–C) groups is 1. The standard InChI is InChI=1S/C49H91N15O13/c1-26(2)20-34(42(71)57-24-37(65)56-25-39(68)69)62-44(73)31(14-9-11-17-50)58-43(72)32(15-10-12-18-51)60-48(77)40(29(7)8)64-47(76)36(22-28(5)6)63-45(74)33(16-13-19-55-49(53)54)59-46(75)35(21-27(3)4)61-41(70)30(52)23-38(66)67/h26-36,40H,9-25,50-52H2,1-8H3,(H,56,65)(H,57,71)(H,58,72)(H,59,75)(H,60,77)(H,61,70)(H,62,73)(H,63,74)(H,64,76)(H,66,67)(H,68,69)(H4,53,54,55)/t30-,31-,32-,33-,34-,35-,36-,40-/m0/s1. The highest BCUT2D eigenvalue weighted by atomic mass is 16.4. The Hall–Kier alpha value is -6.68. The number of unbranched alkanes of at least 4 members (excludes halogenated alkanes) is 2. The van der Waals surface area contributed by atoms with E-state index in [0.29, 0.717) is 25.7 Å². The van der Waals surface area contributed by atoms with Crippen LogP contribution < -0.4 is 76.5 Å². The first-order chi connectivity index (χ1) is 36.0. The second kappa shape index (κ2) is 38.0. The Bertz CT molecular complexity index is 1970. The lowest BCUT2D eigenvalue weighted by molar-refractivity contribution is -0.140. The molecule has 0 fully saturated rings. The van der Waals surface area contributed by atoms with Crippen LogP contribution in [-0.4, -0.2) is 162 Å². The van der Waals surface area contributed by atoms with Crippen molar-refractivity contribution in [3.63, 3.8) is 0 Å². The number of carboxylic acid groups (broad SMARTS) is 2. The average Bonchev–Trinajstić information content (AvgIpc) is 3.32. The van der Waals surface area contributed by atoms with Gasteiger partial charge in [-0.25, -0.2) is 0 Å². The van der Waals surface area contributed by atoms with Gasteiger partial charge in [-0.1, -0.05) is 55.4 Å². The topological polar surface area (TPSA) is 479 Å². The normalized spacial score (nSPS) is 14.3. The maximum Gasteiger partial charge on any atom is 0.322 e. The molecule has 0 heterocycles. The summed E-state index contributed by atoms with van der Waals surface area (Å²) in [6, 6.07) is -10.2. The lowest BCUT2D eigenvalue weighted by Gasteiger charge is -2.30. The Kier molecular flexibility index (Phi) is 34.7. The number of guanidine groups is 1. The molecule has 0 saturated heterocycles. The van der Waals surface area contributed by atoms with E-state index in [1.165, 1.54) is 0 Å². The number of aliphatic carboxylic acids is 2. The average molecular weight is 1100 g/mol. The third kappa shape index (κ3) is 31.2. The van der Waals surface area contributed by atoms with E-state index in [1.54, 1.807) is 55.4 Å². The van der Waals surface area contributed by atoms with Crippen LogP contribution in [-0.2, 0) is 52.7 Å². The number of carboxylic acids is 2. The zero-order valence-electron chi connectivity index (χ0n) is 46.2. The Labute approximate surface area is 451 Å². The Morgan fingerprint density at radius 2 is 0.818 bits per heavy atom. The quantitative estimate of drug-likeness (QED) is 0.0162. The highest BCUT2D eigenvalue weighted by Crippen LogP contribution is 2.14. The van der Waals surface area contributed by atoms with E-state index in [9.17, 15) is 52.7 Å². The molecule has 28 nitrogen and oxygen atoms in total. The van der Waals surface area contributed by atoms with Gasteiger partial charge < -0.3 is 86.7 Å². The van der Waals surface area contributed by atoms with Crippen molar-refractivity contribution < 1.29 is 63.0 Å². The number of rotatable bonds is 40. The van der Waals surface area contributed by atoms with Crippen molar-refractivity contribution >= 4 is 71.1 Å². The smallest absolute Gasteiger partial charge is 0.322 e. The van der Waals surface area contributed by atoms with Crippen molar-refractivity contribution in [1.29, 1.82) is 0 Å². The molecule has 0 aliphatic heterocycles.